The van der Waals surface area contributed by atoms with Crippen LogP contribution >= 0.6 is 0 Å². The van der Waals surface area contributed by atoms with E-state index in [1.807, 2.05) is 0 Å². The Morgan fingerprint density at radius 2 is 1.64 bits per heavy atom. The maximum absolute atomic E-state index is 3.69. The topological polar surface area (TPSA) is 19.0 Å². The lowest BCUT2D eigenvalue weighted by atomic mass is 9.96. The largest absolute Gasteiger partial charge is 0.358 e. The molecule has 2 aromatic rings. The molecule has 2 rings (SSSR count). The van der Waals surface area contributed by atoms with Gasteiger partial charge in [-0.1, -0.05) is 46.2 Å². The van der Waals surface area contributed by atoms with Crippen LogP contribution in [-0.2, 0) is 19.3 Å². The van der Waals surface area contributed by atoms with Gasteiger partial charge in [-0.15, -0.1) is 0 Å². The highest BCUT2D eigenvalue weighted by Gasteiger charge is 2.15. The van der Waals surface area contributed by atoms with Crippen molar-refractivity contribution >= 4 is 10.9 Å². The Kier molecular flexibility index (Phi) is 6.07. The van der Waals surface area contributed by atoms with Crippen LogP contribution in [0.4, 0.5) is 0 Å². The highest BCUT2D eigenvalue weighted by molar-refractivity contribution is 5.90. The summed E-state index contributed by atoms with van der Waals surface area (Å²) in [5.41, 5.74) is 7.27. The zero-order valence-electron chi connectivity index (χ0n) is 15.1. The molecular formula is C20H32N2. The van der Waals surface area contributed by atoms with Gasteiger partial charge in [0.25, 0.3) is 0 Å². The van der Waals surface area contributed by atoms with Gasteiger partial charge in [0.1, 0.15) is 0 Å². The predicted molar refractivity (Wildman–Crippen MR) is 97.9 cm³/mol. The number of fused-ring (bicyclic) bond motifs is 1. The van der Waals surface area contributed by atoms with Crippen molar-refractivity contribution in [3.8, 4) is 0 Å². The fraction of sp³-hybridized carbons (Fsp3) is 0.600. The lowest BCUT2D eigenvalue weighted by molar-refractivity contribution is 0.308. The number of rotatable bonds is 8. The second kappa shape index (κ2) is 7.82. The van der Waals surface area contributed by atoms with Crippen molar-refractivity contribution in [1.29, 1.82) is 0 Å². The Hall–Kier alpha value is -1.28. The molecule has 22 heavy (non-hydrogen) atoms. The fourth-order valence-electron chi connectivity index (χ4n) is 3.52. The van der Waals surface area contributed by atoms with Gasteiger partial charge in [-0.25, -0.2) is 0 Å². The fourth-order valence-corrected chi connectivity index (χ4v) is 3.52. The summed E-state index contributed by atoms with van der Waals surface area (Å²) < 4.78 is 0. The number of likely N-dealkylation sites (N-methyl/N-ethyl adjacent to an activating group) is 1. The average Bonchev–Trinajstić information content (AvgIpc) is 2.86. The third-order valence-corrected chi connectivity index (χ3v) is 4.92. The Balaban J connectivity index is 2.45. The molecule has 0 amide bonds. The van der Waals surface area contributed by atoms with Crippen molar-refractivity contribution < 1.29 is 0 Å². The molecule has 1 aromatic carbocycles. The monoisotopic (exact) mass is 300 g/mol. The number of aromatic amines is 1. The average molecular weight is 300 g/mol. The first-order valence-electron chi connectivity index (χ1n) is 9.00. The number of aryl methyl sites for hydroxylation is 3. The molecule has 0 saturated carbocycles. The van der Waals surface area contributed by atoms with Crippen molar-refractivity contribution in [3.05, 3.63) is 34.5 Å². The highest BCUT2D eigenvalue weighted by Crippen LogP contribution is 2.30. The quantitative estimate of drug-likeness (QED) is 0.736. The number of hydrogen-bond donors (Lipinski definition) is 1. The summed E-state index contributed by atoms with van der Waals surface area (Å²) in [6.07, 6.45) is 4.63. The lowest BCUT2D eigenvalue weighted by Gasteiger charge is -2.18. The van der Waals surface area contributed by atoms with E-state index in [0.717, 1.165) is 32.5 Å². The van der Waals surface area contributed by atoms with E-state index in [9.17, 15) is 0 Å². The summed E-state index contributed by atoms with van der Waals surface area (Å²) in [4.78, 5) is 6.20. The van der Waals surface area contributed by atoms with Gasteiger partial charge in [0.05, 0.1) is 0 Å². The van der Waals surface area contributed by atoms with Gasteiger partial charge < -0.3 is 9.88 Å². The second-order valence-corrected chi connectivity index (χ2v) is 6.24. The first-order valence-corrected chi connectivity index (χ1v) is 9.00. The molecule has 2 heteroatoms. The van der Waals surface area contributed by atoms with E-state index in [1.165, 1.54) is 40.6 Å². The van der Waals surface area contributed by atoms with E-state index in [4.69, 9.17) is 0 Å². The van der Waals surface area contributed by atoms with Crippen LogP contribution in [0.2, 0.25) is 0 Å². The summed E-state index contributed by atoms with van der Waals surface area (Å²) in [7, 11) is 0. The molecule has 122 valence electrons. The van der Waals surface area contributed by atoms with Crippen LogP contribution in [0.5, 0.6) is 0 Å². The Bertz CT molecular complexity index is 606. The van der Waals surface area contributed by atoms with Gasteiger partial charge in [-0.05, 0) is 56.0 Å². The molecule has 0 bridgehead atoms. The molecule has 1 N–H and O–H groups in total. The molecular weight excluding hydrogens is 268 g/mol. The zero-order valence-corrected chi connectivity index (χ0v) is 15.1. The summed E-state index contributed by atoms with van der Waals surface area (Å²) >= 11 is 0. The molecule has 0 atom stereocenters. The van der Waals surface area contributed by atoms with Crippen molar-refractivity contribution in [2.75, 3.05) is 19.6 Å². The maximum atomic E-state index is 3.69. The van der Waals surface area contributed by atoms with Crippen molar-refractivity contribution in [2.45, 2.75) is 60.3 Å². The van der Waals surface area contributed by atoms with Crippen molar-refractivity contribution in [1.82, 2.24) is 9.88 Å². The van der Waals surface area contributed by atoms with E-state index in [-0.39, 0.29) is 0 Å². The number of H-pyrrole nitrogens is 1. The van der Waals surface area contributed by atoms with Crippen LogP contribution in [0.15, 0.2) is 12.1 Å². The van der Waals surface area contributed by atoms with Crippen LogP contribution in [0.25, 0.3) is 10.9 Å². The van der Waals surface area contributed by atoms with Crippen LogP contribution in [0.1, 0.15) is 56.5 Å². The lowest BCUT2D eigenvalue weighted by Crippen LogP contribution is -2.25. The molecule has 0 aliphatic carbocycles. The van der Waals surface area contributed by atoms with Gasteiger partial charge in [-0.2, -0.15) is 0 Å². The van der Waals surface area contributed by atoms with Crippen LogP contribution in [0, 0.1) is 6.92 Å². The molecule has 0 unspecified atom stereocenters. The minimum absolute atomic E-state index is 1.10. The molecule has 0 fully saturated rings. The van der Waals surface area contributed by atoms with Crippen molar-refractivity contribution in [3.63, 3.8) is 0 Å². The molecule has 1 heterocycles. The second-order valence-electron chi connectivity index (χ2n) is 6.24. The number of hydrogen-bond acceptors (Lipinski definition) is 1. The zero-order chi connectivity index (χ0) is 16.1. The normalized spacial score (nSPS) is 11.7. The SMILES string of the molecule is CCCc1ccc(CC)c2[nH]c(C)c(CCN(CC)CC)c12. The van der Waals surface area contributed by atoms with Crippen LogP contribution in [-0.4, -0.2) is 29.5 Å². The predicted octanol–water partition coefficient (Wildman–Crippen LogP) is 4.88. The third kappa shape index (κ3) is 3.38. The molecule has 0 aliphatic rings. The highest BCUT2D eigenvalue weighted by atomic mass is 15.1. The Morgan fingerprint density at radius 3 is 2.23 bits per heavy atom. The standard InChI is InChI=1S/C20H32N2/c1-6-10-17-12-11-16(7-2)20-19(17)18(15(5)21-20)13-14-22(8-3)9-4/h11-12,21H,6-10,13-14H2,1-5H3. The first kappa shape index (κ1) is 17.1. The molecule has 1 aromatic heterocycles. The number of aromatic nitrogens is 1. The molecule has 0 saturated heterocycles. The summed E-state index contributed by atoms with van der Waals surface area (Å²) in [5, 5.41) is 1.52. The summed E-state index contributed by atoms with van der Waals surface area (Å²) in [5.74, 6) is 0. The van der Waals surface area contributed by atoms with Gasteiger partial charge in [0.15, 0.2) is 0 Å². The summed E-state index contributed by atoms with van der Waals surface area (Å²) in [6, 6.07) is 4.68. The van der Waals surface area contributed by atoms with Gasteiger partial charge in [0, 0.05) is 23.1 Å². The molecule has 2 nitrogen and oxygen atoms in total. The van der Waals surface area contributed by atoms with Crippen LogP contribution < -0.4 is 0 Å². The Morgan fingerprint density at radius 1 is 0.955 bits per heavy atom. The molecule has 0 radical (unpaired) electrons. The van der Waals surface area contributed by atoms with E-state index in [1.54, 1.807) is 5.56 Å². The maximum Gasteiger partial charge on any atom is 0.0494 e. The van der Waals surface area contributed by atoms with E-state index >= 15 is 0 Å². The van der Waals surface area contributed by atoms with E-state index < -0.39 is 0 Å². The van der Waals surface area contributed by atoms with Gasteiger partial charge in [-0.3, -0.25) is 0 Å². The minimum Gasteiger partial charge on any atom is -0.358 e. The van der Waals surface area contributed by atoms with Gasteiger partial charge in [0.2, 0.25) is 0 Å². The summed E-state index contributed by atoms with van der Waals surface area (Å²) in [6.45, 7) is 14.7. The van der Waals surface area contributed by atoms with Crippen molar-refractivity contribution in [2.24, 2.45) is 0 Å². The molecule has 0 spiro atoms. The Labute approximate surface area is 135 Å². The van der Waals surface area contributed by atoms with Gasteiger partial charge >= 0.3 is 0 Å². The molecule has 0 aliphatic heterocycles. The smallest absolute Gasteiger partial charge is 0.0494 e. The van der Waals surface area contributed by atoms with E-state index in [0.29, 0.717) is 0 Å². The number of nitrogens with one attached hydrogen (secondary N) is 1. The third-order valence-electron chi connectivity index (χ3n) is 4.92. The minimum atomic E-state index is 1.10. The first-order chi connectivity index (χ1) is 10.7. The number of nitrogens with zero attached hydrogens (tertiary/aromatic N) is 1. The number of benzene rings is 1. The van der Waals surface area contributed by atoms with E-state index in [2.05, 4.69) is 56.6 Å². The van der Waals surface area contributed by atoms with Crippen LogP contribution in [0.3, 0.4) is 0 Å².